The lowest BCUT2D eigenvalue weighted by Gasteiger charge is -2.27. The molecule has 0 aromatic heterocycles. The van der Waals surface area contributed by atoms with Gasteiger partial charge in [-0.25, -0.2) is 0 Å². The maximum atomic E-state index is 12.5. The highest BCUT2D eigenvalue weighted by atomic mass is 16.1. The second-order valence-corrected chi connectivity index (χ2v) is 7.27. The van der Waals surface area contributed by atoms with Crippen LogP contribution >= 0.6 is 0 Å². The van der Waals surface area contributed by atoms with Gasteiger partial charge in [-0.3, -0.25) is 14.4 Å². The van der Waals surface area contributed by atoms with Crippen molar-refractivity contribution in [3.63, 3.8) is 0 Å². The fraction of sp³-hybridized carbons (Fsp3) is 0.591. The molecule has 1 saturated carbocycles. The van der Waals surface area contributed by atoms with Gasteiger partial charge >= 0.3 is 0 Å². The van der Waals surface area contributed by atoms with Crippen molar-refractivity contribution in [1.29, 1.82) is 0 Å². The molecule has 1 aliphatic rings. The van der Waals surface area contributed by atoms with Gasteiger partial charge in [-0.2, -0.15) is 0 Å². The summed E-state index contributed by atoms with van der Waals surface area (Å²) in [6, 6.07) is 7.04. The van der Waals surface area contributed by atoms with Crippen LogP contribution in [0.3, 0.4) is 0 Å². The summed E-state index contributed by atoms with van der Waals surface area (Å²) in [6.07, 6.45) is 7.63. The van der Waals surface area contributed by atoms with Crippen LogP contribution in [0.25, 0.3) is 0 Å². The van der Waals surface area contributed by atoms with E-state index in [0.717, 1.165) is 38.5 Å². The highest BCUT2D eigenvalue weighted by molar-refractivity contribution is 5.99. The third-order valence-electron chi connectivity index (χ3n) is 5.40. The van der Waals surface area contributed by atoms with Crippen molar-refractivity contribution < 1.29 is 14.4 Å². The van der Waals surface area contributed by atoms with Gasteiger partial charge in [0, 0.05) is 36.3 Å². The molecular formula is C22H30O3. The quantitative estimate of drug-likeness (QED) is 0.563. The van der Waals surface area contributed by atoms with E-state index in [1.54, 1.807) is 24.3 Å². The smallest absolute Gasteiger partial charge is 0.163 e. The van der Waals surface area contributed by atoms with Gasteiger partial charge in [0.25, 0.3) is 0 Å². The molecule has 2 rings (SSSR count). The Morgan fingerprint density at radius 1 is 0.880 bits per heavy atom. The molecule has 0 amide bonds. The zero-order valence-electron chi connectivity index (χ0n) is 15.6. The first kappa shape index (κ1) is 19.6. The minimum Gasteiger partial charge on any atom is -0.299 e. The van der Waals surface area contributed by atoms with Crippen molar-refractivity contribution in [1.82, 2.24) is 0 Å². The maximum absolute atomic E-state index is 12.5. The molecule has 0 spiro atoms. The molecule has 0 atom stereocenters. The lowest BCUT2D eigenvalue weighted by Crippen LogP contribution is -2.23. The molecule has 0 bridgehead atoms. The minimum atomic E-state index is 0.102. The van der Waals surface area contributed by atoms with E-state index >= 15 is 0 Å². The van der Waals surface area contributed by atoms with Crippen molar-refractivity contribution in [3.8, 4) is 0 Å². The highest BCUT2D eigenvalue weighted by Crippen LogP contribution is 2.33. The van der Waals surface area contributed by atoms with Crippen molar-refractivity contribution >= 4 is 17.3 Å². The SMILES string of the molecule is CCCCC(=O)C1CCC(CC(=O)c2ccc(C(=O)CC)cc2)CC1. The van der Waals surface area contributed by atoms with Gasteiger partial charge < -0.3 is 0 Å². The molecule has 3 heteroatoms. The van der Waals surface area contributed by atoms with E-state index in [0.29, 0.717) is 42.1 Å². The molecule has 1 aliphatic carbocycles. The van der Waals surface area contributed by atoms with Crippen LogP contribution in [0.2, 0.25) is 0 Å². The van der Waals surface area contributed by atoms with Crippen molar-refractivity contribution in [2.75, 3.05) is 0 Å². The van der Waals surface area contributed by atoms with Gasteiger partial charge in [0.15, 0.2) is 11.6 Å². The van der Waals surface area contributed by atoms with Crippen LogP contribution in [-0.2, 0) is 4.79 Å². The van der Waals surface area contributed by atoms with Crippen LogP contribution in [0.4, 0.5) is 0 Å². The summed E-state index contributed by atoms with van der Waals surface area (Å²) in [4.78, 5) is 36.2. The molecule has 1 aromatic carbocycles. The Bertz CT molecular complexity index is 592. The van der Waals surface area contributed by atoms with E-state index in [1.165, 1.54) is 0 Å². The van der Waals surface area contributed by atoms with Crippen LogP contribution in [0.15, 0.2) is 24.3 Å². The highest BCUT2D eigenvalue weighted by Gasteiger charge is 2.27. The predicted molar refractivity (Wildman–Crippen MR) is 100.0 cm³/mol. The first-order valence-electron chi connectivity index (χ1n) is 9.74. The largest absolute Gasteiger partial charge is 0.299 e. The topological polar surface area (TPSA) is 51.2 Å². The van der Waals surface area contributed by atoms with E-state index in [9.17, 15) is 14.4 Å². The molecule has 0 aliphatic heterocycles. The van der Waals surface area contributed by atoms with Crippen molar-refractivity contribution in [2.45, 2.75) is 71.6 Å². The second-order valence-electron chi connectivity index (χ2n) is 7.27. The zero-order chi connectivity index (χ0) is 18.2. The Balaban J connectivity index is 1.82. The Morgan fingerprint density at radius 2 is 1.44 bits per heavy atom. The van der Waals surface area contributed by atoms with Gasteiger partial charge in [0.2, 0.25) is 0 Å². The summed E-state index contributed by atoms with van der Waals surface area (Å²) in [5, 5.41) is 0. The second kappa shape index (κ2) is 9.65. The number of rotatable bonds is 9. The summed E-state index contributed by atoms with van der Waals surface area (Å²) < 4.78 is 0. The third kappa shape index (κ3) is 5.62. The van der Waals surface area contributed by atoms with E-state index < -0.39 is 0 Å². The van der Waals surface area contributed by atoms with Crippen molar-refractivity contribution in [3.05, 3.63) is 35.4 Å². The average Bonchev–Trinajstić information content (AvgIpc) is 2.66. The number of hydrogen-bond donors (Lipinski definition) is 0. The number of unbranched alkanes of at least 4 members (excludes halogenated alkanes) is 1. The van der Waals surface area contributed by atoms with E-state index in [2.05, 4.69) is 6.92 Å². The lowest BCUT2D eigenvalue weighted by molar-refractivity contribution is -0.124. The third-order valence-corrected chi connectivity index (χ3v) is 5.40. The summed E-state index contributed by atoms with van der Waals surface area (Å²) in [5.74, 6) is 1.28. The van der Waals surface area contributed by atoms with Crippen molar-refractivity contribution in [2.24, 2.45) is 11.8 Å². The first-order valence-corrected chi connectivity index (χ1v) is 9.74. The molecule has 1 aromatic rings. The molecule has 0 unspecified atom stereocenters. The van der Waals surface area contributed by atoms with Gasteiger partial charge in [0.05, 0.1) is 0 Å². The number of carbonyl (C=O) groups excluding carboxylic acids is 3. The summed E-state index contributed by atoms with van der Waals surface area (Å²) in [5.41, 5.74) is 1.36. The molecule has 136 valence electrons. The molecule has 0 saturated heterocycles. The zero-order valence-corrected chi connectivity index (χ0v) is 15.6. The molecule has 0 heterocycles. The predicted octanol–water partition coefficient (Wildman–Crippen LogP) is 5.42. The van der Waals surface area contributed by atoms with Gasteiger partial charge in [0.1, 0.15) is 5.78 Å². The summed E-state index contributed by atoms with van der Waals surface area (Å²) >= 11 is 0. The van der Waals surface area contributed by atoms with Gasteiger partial charge in [-0.05, 0) is 38.0 Å². The normalized spacial score (nSPS) is 20.2. The van der Waals surface area contributed by atoms with E-state index in [4.69, 9.17) is 0 Å². The van der Waals surface area contributed by atoms with Crippen LogP contribution in [0, 0.1) is 11.8 Å². The molecule has 0 radical (unpaired) electrons. The van der Waals surface area contributed by atoms with Crippen LogP contribution in [0.5, 0.6) is 0 Å². The Kier molecular flexibility index (Phi) is 7.54. The molecular weight excluding hydrogens is 312 g/mol. The van der Waals surface area contributed by atoms with Gasteiger partial charge in [-0.15, -0.1) is 0 Å². The Labute approximate surface area is 151 Å². The Hall–Kier alpha value is -1.77. The standard InChI is InChI=1S/C22H30O3/c1-3-5-6-21(24)18-9-7-16(8-10-18)15-22(25)19-13-11-17(12-14-19)20(23)4-2/h11-14,16,18H,3-10,15H2,1-2H3. The molecule has 3 nitrogen and oxygen atoms in total. The fourth-order valence-corrected chi connectivity index (χ4v) is 3.67. The maximum Gasteiger partial charge on any atom is 0.163 e. The molecule has 1 fully saturated rings. The average molecular weight is 342 g/mol. The van der Waals surface area contributed by atoms with E-state index in [-0.39, 0.29) is 17.5 Å². The summed E-state index contributed by atoms with van der Waals surface area (Å²) in [6.45, 7) is 3.95. The monoisotopic (exact) mass is 342 g/mol. The minimum absolute atomic E-state index is 0.102. The van der Waals surface area contributed by atoms with E-state index in [1.807, 2.05) is 6.92 Å². The Morgan fingerprint density at radius 3 is 1.96 bits per heavy atom. The van der Waals surface area contributed by atoms with Crippen LogP contribution in [0.1, 0.15) is 92.4 Å². The fourth-order valence-electron chi connectivity index (χ4n) is 3.67. The summed E-state index contributed by atoms with van der Waals surface area (Å²) in [7, 11) is 0. The first-order chi connectivity index (χ1) is 12.0. The van der Waals surface area contributed by atoms with Crippen LogP contribution in [-0.4, -0.2) is 17.3 Å². The number of carbonyl (C=O) groups is 3. The number of ketones is 3. The molecule has 25 heavy (non-hydrogen) atoms. The number of Topliss-reactive ketones (excluding diaryl/α,β-unsaturated/α-hetero) is 3. The number of benzene rings is 1. The van der Waals surface area contributed by atoms with Crippen LogP contribution < -0.4 is 0 Å². The number of hydrogen-bond acceptors (Lipinski definition) is 3. The lowest BCUT2D eigenvalue weighted by atomic mass is 9.77. The molecule has 0 N–H and O–H groups in total. The van der Waals surface area contributed by atoms with Gasteiger partial charge in [-0.1, -0.05) is 44.5 Å².